The number of sulfone groups is 1. The number of imidazole rings is 1. The molecule has 6 heteroatoms. The number of hydrogen-bond donors (Lipinski definition) is 1. The van der Waals surface area contributed by atoms with Crippen molar-refractivity contribution < 1.29 is 8.42 Å². The van der Waals surface area contributed by atoms with E-state index in [9.17, 15) is 8.42 Å². The molecule has 114 valence electrons. The van der Waals surface area contributed by atoms with Gasteiger partial charge >= 0.3 is 0 Å². The van der Waals surface area contributed by atoms with E-state index in [0.717, 1.165) is 12.1 Å². The number of nitrogen functional groups attached to an aromatic ring is 1. The van der Waals surface area contributed by atoms with Crippen LogP contribution in [-0.4, -0.2) is 24.2 Å². The van der Waals surface area contributed by atoms with Crippen molar-refractivity contribution in [1.29, 1.82) is 0 Å². The smallest absolute Gasteiger partial charge is 0.201 e. The summed E-state index contributed by atoms with van der Waals surface area (Å²) in [5.41, 5.74) is 7.35. The summed E-state index contributed by atoms with van der Waals surface area (Å²) in [6.07, 6.45) is 7.49. The van der Waals surface area contributed by atoms with Crippen LogP contribution in [0.1, 0.15) is 32.1 Å². The standard InChI is InChI=1S/C15H21N3O2S/c1-21(19,20)13-9-5-8-12-14(13)17-15(16)18(12)10-11-6-3-2-4-7-11/h5,8-9,11H,2-4,6-7,10H2,1H3,(H2,16,17). The van der Waals surface area contributed by atoms with E-state index in [1.165, 1.54) is 38.4 Å². The van der Waals surface area contributed by atoms with Crippen LogP contribution in [0.4, 0.5) is 5.95 Å². The summed E-state index contributed by atoms with van der Waals surface area (Å²) in [6.45, 7) is 0.829. The van der Waals surface area contributed by atoms with Crippen LogP contribution in [0.2, 0.25) is 0 Å². The molecule has 0 aliphatic heterocycles. The molecule has 2 N–H and O–H groups in total. The van der Waals surface area contributed by atoms with Gasteiger partial charge in [-0.05, 0) is 30.9 Å². The second kappa shape index (κ2) is 5.33. The average Bonchev–Trinajstić information content (AvgIpc) is 2.75. The van der Waals surface area contributed by atoms with Crippen LogP contribution < -0.4 is 5.73 Å². The first kappa shape index (κ1) is 14.4. The van der Waals surface area contributed by atoms with Gasteiger partial charge in [-0.1, -0.05) is 25.3 Å². The molecular formula is C15H21N3O2S. The fourth-order valence-electron chi connectivity index (χ4n) is 3.26. The van der Waals surface area contributed by atoms with Crippen molar-refractivity contribution in [1.82, 2.24) is 9.55 Å². The lowest BCUT2D eigenvalue weighted by Crippen LogP contribution is -2.15. The number of aromatic nitrogens is 2. The Morgan fingerprint density at radius 2 is 2.00 bits per heavy atom. The molecule has 21 heavy (non-hydrogen) atoms. The Balaban J connectivity index is 2.05. The van der Waals surface area contributed by atoms with Gasteiger partial charge in [0.2, 0.25) is 5.95 Å². The van der Waals surface area contributed by atoms with Crippen molar-refractivity contribution in [3.05, 3.63) is 18.2 Å². The Labute approximate surface area is 125 Å². The van der Waals surface area contributed by atoms with E-state index >= 15 is 0 Å². The van der Waals surface area contributed by atoms with Gasteiger partial charge in [-0.15, -0.1) is 0 Å². The zero-order valence-corrected chi connectivity index (χ0v) is 13.1. The van der Waals surface area contributed by atoms with E-state index in [4.69, 9.17) is 5.73 Å². The molecule has 2 aromatic rings. The minimum Gasteiger partial charge on any atom is -0.369 e. The van der Waals surface area contributed by atoms with Gasteiger partial charge < -0.3 is 10.3 Å². The van der Waals surface area contributed by atoms with E-state index < -0.39 is 9.84 Å². The summed E-state index contributed by atoms with van der Waals surface area (Å²) in [5.74, 6) is 1.02. The van der Waals surface area contributed by atoms with Crippen molar-refractivity contribution in [2.75, 3.05) is 12.0 Å². The quantitative estimate of drug-likeness (QED) is 0.945. The highest BCUT2D eigenvalue weighted by Crippen LogP contribution is 2.29. The number of benzene rings is 1. The number of nitrogens with zero attached hydrogens (tertiary/aromatic N) is 2. The van der Waals surface area contributed by atoms with Gasteiger partial charge in [-0.2, -0.15) is 0 Å². The maximum atomic E-state index is 11.9. The summed E-state index contributed by atoms with van der Waals surface area (Å²) >= 11 is 0. The van der Waals surface area contributed by atoms with Crippen LogP contribution in [0, 0.1) is 5.92 Å². The van der Waals surface area contributed by atoms with Gasteiger partial charge in [-0.25, -0.2) is 13.4 Å². The van der Waals surface area contributed by atoms with E-state index in [0.29, 0.717) is 17.4 Å². The van der Waals surface area contributed by atoms with Gasteiger partial charge in [0.05, 0.1) is 10.4 Å². The first-order valence-corrected chi connectivity index (χ1v) is 9.31. The molecule has 1 fully saturated rings. The Bertz CT molecular complexity index is 759. The molecular weight excluding hydrogens is 286 g/mol. The summed E-state index contributed by atoms with van der Waals surface area (Å²) < 4.78 is 25.7. The summed E-state index contributed by atoms with van der Waals surface area (Å²) in [4.78, 5) is 4.57. The molecule has 0 unspecified atom stereocenters. The maximum absolute atomic E-state index is 11.9. The number of rotatable bonds is 3. The Hall–Kier alpha value is -1.56. The molecule has 3 rings (SSSR count). The lowest BCUT2D eigenvalue weighted by molar-refractivity contribution is 0.323. The van der Waals surface area contributed by atoms with Crippen LogP contribution in [0.3, 0.4) is 0 Å². The third-order valence-electron chi connectivity index (χ3n) is 4.34. The highest BCUT2D eigenvalue weighted by molar-refractivity contribution is 7.91. The fraction of sp³-hybridized carbons (Fsp3) is 0.533. The first-order chi connectivity index (χ1) is 9.97. The van der Waals surface area contributed by atoms with E-state index in [2.05, 4.69) is 4.98 Å². The molecule has 0 radical (unpaired) electrons. The van der Waals surface area contributed by atoms with Crippen molar-refractivity contribution >= 4 is 26.8 Å². The van der Waals surface area contributed by atoms with E-state index in [1.54, 1.807) is 12.1 Å². The third kappa shape index (κ3) is 2.77. The highest BCUT2D eigenvalue weighted by atomic mass is 32.2. The molecule has 1 heterocycles. The fourth-order valence-corrected chi connectivity index (χ4v) is 4.09. The van der Waals surface area contributed by atoms with Crippen LogP contribution in [-0.2, 0) is 16.4 Å². The first-order valence-electron chi connectivity index (χ1n) is 7.41. The number of nitrogens with two attached hydrogens (primary N) is 1. The number of hydrogen-bond acceptors (Lipinski definition) is 4. The second-order valence-corrected chi connectivity index (χ2v) is 7.96. The van der Waals surface area contributed by atoms with Crippen molar-refractivity contribution in [2.45, 2.75) is 43.5 Å². The van der Waals surface area contributed by atoms with Gasteiger partial charge in [0.15, 0.2) is 9.84 Å². The van der Waals surface area contributed by atoms with Crippen molar-refractivity contribution in [3.63, 3.8) is 0 Å². The van der Waals surface area contributed by atoms with Gasteiger partial charge in [0.1, 0.15) is 5.52 Å². The number of anilines is 1. The molecule has 5 nitrogen and oxygen atoms in total. The Morgan fingerprint density at radius 1 is 1.29 bits per heavy atom. The van der Waals surface area contributed by atoms with Crippen molar-refractivity contribution in [3.8, 4) is 0 Å². The topological polar surface area (TPSA) is 78.0 Å². The highest BCUT2D eigenvalue weighted by Gasteiger charge is 2.20. The molecule has 0 amide bonds. The monoisotopic (exact) mass is 307 g/mol. The molecule has 0 spiro atoms. The third-order valence-corrected chi connectivity index (χ3v) is 5.46. The van der Waals surface area contributed by atoms with E-state index in [1.807, 2.05) is 10.6 Å². The predicted octanol–water partition coefficient (Wildman–Crippen LogP) is 2.60. The molecule has 1 saturated carbocycles. The minimum atomic E-state index is -3.30. The predicted molar refractivity (Wildman–Crippen MR) is 83.8 cm³/mol. The molecule has 0 saturated heterocycles. The van der Waals surface area contributed by atoms with Crippen molar-refractivity contribution in [2.24, 2.45) is 5.92 Å². The second-order valence-electron chi connectivity index (χ2n) is 5.98. The van der Waals surface area contributed by atoms with Crippen LogP contribution in [0.15, 0.2) is 23.1 Å². The maximum Gasteiger partial charge on any atom is 0.201 e. The molecule has 1 aromatic carbocycles. The Morgan fingerprint density at radius 3 is 2.67 bits per heavy atom. The molecule has 0 bridgehead atoms. The van der Waals surface area contributed by atoms with Gasteiger partial charge in [0, 0.05) is 12.8 Å². The molecule has 0 atom stereocenters. The van der Waals surface area contributed by atoms with Crippen LogP contribution in [0.25, 0.3) is 11.0 Å². The average molecular weight is 307 g/mol. The zero-order chi connectivity index (χ0) is 15.0. The van der Waals surface area contributed by atoms with Gasteiger partial charge in [0.25, 0.3) is 0 Å². The van der Waals surface area contributed by atoms with Crippen LogP contribution >= 0.6 is 0 Å². The minimum absolute atomic E-state index is 0.258. The SMILES string of the molecule is CS(=O)(=O)c1cccc2c1nc(N)n2CC1CCCCC1. The molecule has 1 aromatic heterocycles. The largest absolute Gasteiger partial charge is 0.369 e. The van der Waals surface area contributed by atoms with E-state index in [-0.39, 0.29) is 4.90 Å². The normalized spacial score (nSPS) is 17.4. The lowest BCUT2D eigenvalue weighted by atomic mass is 9.89. The zero-order valence-electron chi connectivity index (χ0n) is 12.2. The molecule has 1 aliphatic rings. The molecule has 1 aliphatic carbocycles. The lowest BCUT2D eigenvalue weighted by Gasteiger charge is -2.22. The Kier molecular flexibility index (Phi) is 3.65. The van der Waals surface area contributed by atoms with Crippen LogP contribution in [0.5, 0.6) is 0 Å². The summed E-state index contributed by atoms with van der Waals surface area (Å²) in [7, 11) is -3.30. The number of para-hydroxylation sites is 1. The summed E-state index contributed by atoms with van der Waals surface area (Å²) in [6, 6.07) is 5.25. The van der Waals surface area contributed by atoms with Gasteiger partial charge in [-0.3, -0.25) is 0 Å². The summed E-state index contributed by atoms with van der Waals surface area (Å²) in [5, 5.41) is 0. The number of fused-ring (bicyclic) bond motifs is 1.